The number of carbonyl (C=O) groups is 4. The summed E-state index contributed by atoms with van der Waals surface area (Å²) in [5, 5.41) is 16.1. The van der Waals surface area contributed by atoms with Crippen LogP contribution in [0.15, 0.2) is 91.0 Å². The maximum atomic E-state index is 14.6. The van der Waals surface area contributed by atoms with Crippen molar-refractivity contribution in [2.75, 3.05) is 33.8 Å². The fourth-order valence-corrected chi connectivity index (χ4v) is 7.75. The number of fused-ring (bicyclic) bond motifs is 4. The lowest BCUT2D eigenvalue weighted by Gasteiger charge is -2.48. The topological polar surface area (TPSA) is 156 Å². The number of aliphatic hydroxyl groups excluding tert-OH is 1. The number of nitrogens with one attached hydrogen (secondary N) is 2. The molecule has 2 bridgehead atoms. The number of carbonyl (C=O) groups excluding carboxylic acids is 4. The van der Waals surface area contributed by atoms with Gasteiger partial charge >= 0.3 is 5.97 Å². The first-order valence-electron chi connectivity index (χ1n) is 17.4. The molecule has 3 heterocycles. The van der Waals surface area contributed by atoms with E-state index in [1.165, 1.54) is 16.0 Å². The minimum Gasteiger partial charge on any atom is -0.458 e. The number of ether oxygens (including phenoxy) is 3. The van der Waals surface area contributed by atoms with Gasteiger partial charge in [0.2, 0.25) is 23.5 Å². The first-order valence-corrected chi connectivity index (χ1v) is 17.4. The van der Waals surface area contributed by atoms with E-state index in [1.807, 2.05) is 84.9 Å². The standard InChI is InChI=1S/C39H42N4O9/c1-42(2)31(46)18-17-25-11-9-10-12-26(25)24-43-34-36(47)49-29-23-38(34,37(48)41-20-19-30(45)40-21-22-44)35(52-43)33-32(29)50-39(51-33,27-13-5-3-6-14-27)28-15-7-4-8-16-28/h3-18,29,32-35,44H,19-24H2,1-2H3,(H,40,45)(H,41,48)/t29-,32-,33-,34-,35+,38-/m0/s1. The lowest BCUT2D eigenvalue weighted by molar-refractivity contribution is -0.213. The Morgan fingerprint density at radius 2 is 1.56 bits per heavy atom. The highest BCUT2D eigenvalue weighted by Gasteiger charge is 2.76. The molecular formula is C39H42N4O9. The van der Waals surface area contributed by atoms with E-state index in [4.69, 9.17) is 24.2 Å². The average molecular weight is 711 g/mol. The number of hydrogen-bond donors (Lipinski definition) is 3. The van der Waals surface area contributed by atoms with Gasteiger partial charge in [0.25, 0.3) is 0 Å². The lowest BCUT2D eigenvalue weighted by atomic mass is 9.62. The highest BCUT2D eigenvalue weighted by atomic mass is 16.8. The van der Waals surface area contributed by atoms with Crippen molar-refractivity contribution in [2.45, 2.75) is 55.6 Å². The molecule has 0 aromatic heterocycles. The van der Waals surface area contributed by atoms with Gasteiger partial charge in [-0.3, -0.25) is 24.0 Å². The van der Waals surface area contributed by atoms with Crippen LogP contribution >= 0.6 is 0 Å². The van der Waals surface area contributed by atoms with Crippen LogP contribution in [-0.2, 0) is 50.6 Å². The Morgan fingerprint density at radius 3 is 2.23 bits per heavy atom. The van der Waals surface area contributed by atoms with Crippen molar-refractivity contribution in [2.24, 2.45) is 5.41 Å². The molecule has 4 fully saturated rings. The molecule has 1 saturated carbocycles. The molecule has 1 aliphatic carbocycles. The first kappa shape index (κ1) is 35.5. The maximum Gasteiger partial charge on any atom is 0.327 e. The highest BCUT2D eigenvalue weighted by Crippen LogP contribution is 2.59. The maximum absolute atomic E-state index is 14.6. The smallest absolute Gasteiger partial charge is 0.327 e. The SMILES string of the molecule is CN(C)C(=O)C=Cc1ccccc1CN1O[C@@H]2[C@H]3OC(c4ccccc4)(c4ccccc4)O[C@H]3[C@@H]3C[C@]2(C(=O)NCCC(=O)NCCO)[C@@H]1C(=O)O3. The molecule has 3 aromatic carbocycles. The zero-order chi connectivity index (χ0) is 36.5. The van der Waals surface area contributed by atoms with E-state index in [0.717, 1.165) is 22.3 Å². The molecule has 3 aromatic rings. The number of rotatable bonds is 12. The Balaban J connectivity index is 1.27. The van der Waals surface area contributed by atoms with Crippen molar-refractivity contribution < 1.29 is 43.3 Å². The lowest BCUT2D eigenvalue weighted by Crippen LogP contribution is -2.69. The number of aliphatic hydroxyl groups is 1. The van der Waals surface area contributed by atoms with E-state index in [2.05, 4.69) is 10.6 Å². The van der Waals surface area contributed by atoms with Crippen LogP contribution in [0.1, 0.15) is 35.1 Å². The third-order valence-corrected chi connectivity index (χ3v) is 10.2. The summed E-state index contributed by atoms with van der Waals surface area (Å²) in [6.45, 7) is -0.0305. The van der Waals surface area contributed by atoms with Crippen molar-refractivity contribution >= 4 is 29.8 Å². The predicted molar refractivity (Wildman–Crippen MR) is 186 cm³/mol. The minimum absolute atomic E-state index is 0.00600. The number of amides is 3. The summed E-state index contributed by atoms with van der Waals surface area (Å²) in [7, 11) is 3.33. The molecular weight excluding hydrogens is 668 g/mol. The molecule has 52 heavy (non-hydrogen) atoms. The molecule has 3 N–H and O–H groups in total. The van der Waals surface area contributed by atoms with Crippen LogP contribution in [0.4, 0.5) is 0 Å². The van der Waals surface area contributed by atoms with Crippen molar-refractivity contribution in [3.63, 3.8) is 0 Å². The molecule has 4 aliphatic rings. The molecule has 3 amide bonds. The molecule has 13 nitrogen and oxygen atoms in total. The monoisotopic (exact) mass is 710 g/mol. The quantitative estimate of drug-likeness (QED) is 0.188. The van der Waals surface area contributed by atoms with Gasteiger partial charge in [-0.1, -0.05) is 84.9 Å². The fraction of sp³-hybridized carbons (Fsp3) is 0.385. The number of nitrogens with zero attached hydrogens (tertiary/aromatic N) is 2. The Labute approximate surface area is 301 Å². The Hall–Kier alpha value is -4.92. The summed E-state index contributed by atoms with van der Waals surface area (Å²) in [6.07, 6.45) is -0.225. The molecule has 0 radical (unpaired) electrons. The van der Waals surface area contributed by atoms with Crippen LogP contribution < -0.4 is 10.6 Å². The van der Waals surface area contributed by atoms with Gasteiger partial charge < -0.3 is 34.9 Å². The van der Waals surface area contributed by atoms with Crippen molar-refractivity contribution in [1.29, 1.82) is 0 Å². The van der Waals surface area contributed by atoms with E-state index in [-0.39, 0.29) is 50.9 Å². The minimum atomic E-state index is -1.47. The number of hydrogen-bond acceptors (Lipinski definition) is 10. The summed E-state index contributed by atoms with van der Waals surface area (Å²) in [6, 6.07) is 25.2. The molecule has 0 spiro atoms. The molecule has 0 unspecified atom stereocenters. The summed E-state index contributed by atoms with van der Waals surface area (Å²) in [5.74, 6) is -3.02. The first-order chi connectivity index (χ1) is 25.2. The zero-order valence-corrected chi connectivity index (χ0v) is 29.0. The van der Waals surface area contributed by atoms with Crippen molar-refractivity contribution in [1.82, 2.24) is 20.6 Å². The summed E-state index contributed by atoms with van der Waals surface area (Å²) in [4.78, 5) is 61.7. The summed E-state index contributed by atoms with van der Waals surface area (Å²) in [5.41, 5.74) is 1.46. The molecule has 6 atom stereocenters. The number of benzene rings is 3. The molecule has 3 saturated heterocycles. The van der Waals surface area contributed by atoms with Gasteiger partial charge in [0.15, 0.2) is 6.04 Å². The highest BCUT2D eigenvalue weighted by molar-refractivity contribution is 5.94. The summed E-state index contributed by atoms with van der Waals surface area (Å²) < 4.78 is 20.0. The number of hydroxylamine groups is 2. The number of esters is 1. The Kier molecular flexibility index (Phi) is 9.96. The second kappa shape index (κ2) is 14.6. The Morgan fingerprint density at radius 1 is 0.904 bits per heavy atom. The van der Waals surface area contributed by atoms with E-state index >= 15 is 0 Å². The van der Waals surface area contributed by atoms with Gasteiger partial charge in [-0.2, -0.15) is 5.06 Å². The van der Waals surface area contributed by atoms with Gasteiger partial charge in [-0.25, -0.2) is 0 Å². The third kappa shape index (κ3) is 6.28. The van der Waals surface area contributed by atoms with E-state index in [0.29, 0.717) is 0 Å². The summed E-state index contributed by atoms with van der Waals surface area (Å²) >= 11 is 0. The number of likely N-dealkylation sites (N-methyl/N-ethyl adjacent to an activating group) is 1. The van der Waals surface area contributed by atoms with Crippen LogP contribution in [0.25, 0.3) is 6.08 Å². The zero-order valence-electron chi connectivity index (χ0n) is 29.0. The van der Waals surface area contributed by atoms with E-state index in [9.17, 15) is 19.2 Å². The third-order valence-electron chi connectivity index (χ3n) is 10.2. The fourth-order valence-electron chi connectivity index (χ4n) is 7.75. The van der Waals surface area contributed by atoms with Crippen LogP contribution in [-0.4, -0.2) is 103 Å². The van der Waals surface area contributed by atoms with Gasteiger partial charge in [-0.15, -0.1) is 0 Å². The average Bonchev–Trinajstić information content (AvgIpc) is 3.74. The predicted octanol–water partition coefficient (Wildman–Crippen LogP) is 1.89. The van der Waals surface area contributed by atoms with E-state index < -0.39 is 53.5 Å². The normalized spacial score (nSPS) is 27.1. The second-order valence-corrected chi connectivity index (χ2v) is 13.6. The van der Waals surface area contributed by atoms with Crippen molar-refractivity contribution in [3.8, 4) is 0 Å². The van der Waals surface area contributed by atoms with Gasteiger partial charge in [0, 0.05) is 57.2 Å². The van der Waals surface area contributed by atoms with Crippen LogP contribution in [0.2, 0.25) is 0 Å². The van der Waals surface area contributed by atoms with E-state index in [1.54, 1.807) is 20.2 Å². The van der Waals surface area contributed by atoms with Gasteiger partial charge in [0.05, 0.1) is 13.2 Å². The molecule has 13 heteroatoms. The molecule has 7 rings (SSSR count). The Bertz CT molecular complexity index is 1800. The van der Waals surface area contributed by atoms with Gasteiger partial charge in [-0.05, 0) is 17.2 Å². The molecule has 272 valence electrons. The van der Waals surface area contributed by atoms with Crippen LogP contribution in [0.5, 0.6) is 0 Å². The van der Waals surface area contributed by atoms with Crippen LogP contribution in [0, 0.1) is 5.41 Å². The van der Waals surface area contributed by atoms with Crippen molar-refractivity contribution in [3.05, 3.63) is 113 Å². The molecule has 3 aliphatic heterocycles. The largest absolute Gasteiger partial charge is 0.458 e. The van der Waals surface area contributed by atoms with Gasteiger partial charge in [0.1, 0.15) is 29.8 Å². The van der Waals surface area contributed by atoms with Crippen LogP contribution in [0.3, 0.4) is 0 Å². The second-order valence-electron chi connectivity index (χ2n) is 13.6.